The highest BCUT2D eigenvalue weighted by atomic mass is 16.7. The standard InChI is InChI=1S/C30H32O14/c1-15(31)39-14-26-27(40-16(2)32)28(41-17(3)33)29(42-18(4)34)30(44-26)43-20-6-7-21(23(36)13-20)22(35)11-19-5-8-24-25(12-19)38-10-9-37-24/h5-8,12-13,26-30,36H,9-11,14H2,1-4H3/t26-,27-,28-,29+,30-/m0/s1. The maximum Gasteiger partial charge on any atom is 0.303 e. The summed E-state index contributed by atoms with van der Waals surface area (Å²) in [5.74, 6) is -2.74. The molecule has 0 amide bonds. The van der Waals surface area contributed by atoms with E-state index in [0.717, 1.165) is 33.8 Å². The van der Waals surface area contributed by atoms with Gasteiger partial charge in [0.2, 0.25) is 12.4 Å². The predicted octanol–water partition coefficient (Wildman–Crippen LogP) is 2.05. The molecule has 0 aromatic heterocycles. The van der Waals surface area contributed by atoms with Gasteiger partial charge in [-0.1, -0.05) is 6.07 Å². The smallest absolute Gasteiger partial charge is 0.303 e. The van der Waals surface area contributed by atoms with Crippen LogP contribution in [0.15, 0.2) is 36.4 Å². The van der Waals surface area contributed by atoms with E-state index >= 15 is 0 Å². The van der Waals surface area contributed by atoms with Gasteiger partial charge in [-0.25, -0.2) is 0 Å². The van der Waals surface area contributed by atoms with Crippen LogP contribution < -0.4 is 14.2 Å². The molecular formula is C30H32O14. The van der Waals surface area contributed by atoms with Crippen molar-refractivity contribution in [1.82, 2.24) is 0 Å². The molecule has 1 fully saturated rings. The Morgan fingerprint density at radius 2 is 1.41 bits per heavy atom. The van der Waals surface area contributed by atoms with E-state index < -0.39 is 72.7 Å². The zero-order valence-corrected chi connectivity index (χ0v) is 24.4. The lowest BCUT2D eigenvalue weighted by molar-refractivity contribution is -0.288. The van der Waals surface area contributed by atoms with E-state index in [-0.39, 0.29) is 17.7 Å². The van der Waals surface area contributed by atoms with Crippen molar-refractivity contribution in [3.05, 3.63) is 47.5 Å². The number of ketones is 1. The molecule has 2 aliphatic heterocycles. The van der Waals surface area contributed by atoms with Crippen LogP contribution in [0.25, 0.3) is 0 Å². The molecule has 5 atom stereocenters. The van der Waals surface area contributed by atoms with Gasteiger partial charge in [-0.15, -0.1) is 0 Å². The second kappa shape index (κ2) is 14.1. The van der Waals surface area contributed by atoms with Crippen LogP contribution in [-0.2, 0) is 49.3 Å². The fourth-order valence-corrected chi connectivity index (χ4v) is 4.72. The normalized spacial score (nSPS) is 22.2. The van der Waals surface area contributed by atoms with E-state index in [1.165, 1.54) is 12.1 Å². The van der Waals surface area contributed by atoms with Gasteiger partial charge < -0.3 is 43.0 Å². The number of hydrogen-bond donors (Lipinski definition) is 1. The Balaban J connectivity index is 1.57. The van der Waals surface area contributed by atoms with Gasteiger partial charge in [0, 0.05) is 40.2 Å². The van der Waals surface area contributed by atoms with Crippen LogP contribution in [0.1, 0.15) is 43.6 Å². The number of ether oxygens (including phenoxy) is 8. The fraction of sp³-hybridized carbons (Fsp3) is 0.433. The summed E-state index contributed by atoms with van der Waals surface area (Å²) in [5, 5.41) is 10.7. The summed E-state index contributed by atoms with van der Waals surface area (Å²) in [6.07, 6.45) is -7.01. The summed E-state index contributed by atoms with van der Waals surface area (Å²) in [4.78, 5) is 60.5. The monoisotopic (exact) mass is 616 g/mol. The van der Waals surface area contributed by atoms with E-state index in [0.29, 0.717) is 30.3 Å². The first-order chi connectivity index (χ1) is 20.9. The number of benzene rings is 2. The molecule has 2 aromatic rings. The highest BCUT2D eigenvalue weighted by molar-refractivity contribution is 6.00. The Labute approximate surface area is 252 Å². The number of carbonyl (C=O) groups is 5. The molecule has 0 bridgehead atoms. The molecule has 0 unspecified atom stereocenters. The molecule has 0 saturated carbocycles. The number of fused-ring (bicyclic) bond motifs is 1. The Morgan fingerprint density at radius 1 is 0.773 bits per heavy atom. The molecule has 1 saturated heterocycles. The lowest BCUT2D eigenvalue weighted by Crippen LogP contribution is -2.63. The van der Waals surface area contributed by atoms with Gasteiger partial charge >= 0.3 is 23.9 Å². The summed E-state index contributed by atoms with van der Waals surface area (Å²) in [7, 11) is 0. The van der Waals surface area contributed by atoms with Crippen LogP contribution in [-0.4, -0.2) is 85.3 Å². The number of aromatic hydroxyl groups is 1. The Hall–Kier alpha value is -4.85. The third kappa shape index (κ3) is 8.16. The molecule has 14 heteroatoms. The maximum absolute atomic E-state index is 13.0. The van der Waals surface area contributed by atoms with Crippen LogP contribution in [0.3, 0.4) is 0 Å². The third-order valence-corrected chi connectivity index (χ3v) is 6.44. The number of rotatable bonds is 10. The van der Waals surface area contributed by atoms with Crippen LogP contribution in [0.2, 0.25) is 0 Å². The van der Waals surface area contributed by atoms with E-state index in [4.69, 9.17) is 37.9 Å². The minimum absolute atomic E-state index is 0.00813. The minimum atomic E-state index is -1.51. The second-order valence-corrected chi connectivity index (χ2v) is 9.94. The number of phenolic OH excluding ortho intramolecular Hbond substituents is 1. The number of esters is 4. The molecular weight excluding hydrogens is 584 g/mol. The maximum atomic E-state index is 13.0. The summed E-state index contributed by atoms with van der Waals surface area (Å²) in [6, 6.07) is 9.02. The molecule has 0 aliphatic carbocycles. The molecule has 44 heavy (non-hydrogen) atoms. The van der Waals surface area contributed by atoms with Gasteiger partial charge in [-0.3, -0.25) is 24.0 Å². The largest absolute Gasteiger partial charge is 0.507 e. The van der Waals surface area contributed by atoms with Gasteiger partial charge in [-0.05, 0) is 29.8 Å². The number of phenols is 1. The predicted molar refractivity (Wildman–Crippen MR) is 146 cm³/mol. The highest BCUT2D eigenvalue weighted by Crippen LogP contribution is 2.34. The van der Waals surface area contributed by atoms with Crippen LogP contribution in [0.5, 0.6) is 23.0 Å². The zero-order valence-electron chi connectivity index (χ0n) is 24.4. The fourth-order valence-electron chi connectivity index (χ4n) is 4.72. The average molecular weight is 617 g/mol. The first-order valence-corrected chi connectivity index (χ1v) is 13.6. The van der Waals surface area contributed by atoms with Gasteiger partial charge in [0.15, 0.2) is 29.5 Å². The van der Waals surface area contributed by atoms with Crippen molar-refractivity contribution in [2.24, 2.45) is 0 Å². The Kier molecular flexibility index (Phi) is 10.3. The summed E-state index contributed by atoms with van der Waals surface area (Å²) >= 11 is 0. The van der Waals surface area contributed by atoms with Gasteiger partial charge in [0.1, 0.15) is 37.4 Å². The second-order valence-electron chi connectivity index (χ2n) is 9.94. The van der Waals surface area contributed by atoms with E-state index in [1.807, 2.05) is 0 Å². The van der Waals surface area contributed by atoms with Crippen LogP contribution in [0.4, 0.5) is 0 Å². The minimum Gasteiger partial charge on any atom is -0.507 e. The molecule has 2 aliphatic rings. The molecule has 0 spiro atoms. The third-order valence-electron chi connectivity index (χ3n) is 6.44. The lowest BCUT2D eigenvalue weighted by Gasteiger charge is -2.43. The SMILES string of the molecule is CC(=O)OC[C@@H]1O[C@H](Oc2ccc(C(=O)Cc3ccc4c(c3)OCCO4)c(O)c2)[C@H](OC(C)=O)[C@@H](OC(C)=O)[C@H]1OC(C)=O. The van der Waals surface area contributed by atoms with Crippen molar-refractivity contribution in [2.75, 3.05) is 19.8 Å². The Bertz CT molecular complexity index is 1420. The van der Waals surface area contributed by atoms with Gasteiger partial charge in [0.05, 0.1) is 5.56 Å². The van der Waals surface area contributed by atoms with Crippen LogP contribution >= 0.6 is 0 Å². The summed E-state index contributed by atoms with van der Waals surface area (Å²) in [6.45, 7) is 4.86. The average Bonchev–Trinajstić information content (AvgIpc) is 2.94. The van der Waals surface area contributed by atoms with Gasteiger partial charge in [-0.2, -0.15) is 0 Å². The number of Topliss-reactive ketones (excluding diaryl/α,β-unsaturated/α-hetero) is 1. The van der Waals surface area contributed by atoms with Crippen molar-refractivity contribution in [2.45, 2.75) is 64.8 Å². The van der Waals surface area contributed by atoms with E-state index in [2.05, 4.69) is 0 Å². The Morgan fingerprint density at radius 3 is 2.05 bits per heavy atom. The van der Waals surface area contributed by atoms with E-state index in [9.17, 15) is 29.1 Å². The van der Waals surface area contributed by atoms with Crippen LogP contribution in [0, 0.1) is 0 Å². The van der Waals surface area contributed by atoms with Crippen molar-refractivity contribution in [3.63, 3.8) is 0 Å². The molecule has 0 radical (unpaired) electrons. The highest BCUT2D eigenvalue weighted by Gasteiger charge is 2.53. The zero-order chi connectivity index (χ0) is 32.0. The molecule has 2 aromatic carbocycles. The van der Waals surface area contributed by atoms with E-state index in [1.54, 1.807) is 18.2 Å². The van der Waals surface area contributed by atoms with Crippen molar-refractivity contribution in [3.8, 4) is 23.0 Å². The summed E-state index contributed by atoms with van der Waals surface area (Å²) in [5.41, 5.74) is 0.658. The lowest BCUT2D eigenvalue weighted by atomic mass is 9.98. The number of carbonyl (C=O) groups excluding carboxylic acids is 5. The molecule has 236 valence electrons. The molecule has 14 nitrogen and oxygen atoms in total. The van der Waals surface area contributed by atoms with Crippen molar-refractivity contribution in [1.29, 1.82) is 0 Å². The molecule has 4 rings (SSSR count). The quantitative estimate of drug-likeness (QED) is 0.233. The molecule has 2 heterocycles. The topological polar surface area (TPSA) is 179 Å². The number of hydrogen-bond acceptors (Lipinski definition) is 14. The summed E-state index contributed by atoms with van der Waals surface area (Å²) < 4.78 is 44.0. The van der Waals surface area contributed by atoms with Crippen molar-refractivity contribution < 1.29 is 67.0 Å². The molecule has 1 N–H and O–H groups in total. The first kappa shape index (κ1) is 32.1. The van der Waals surface area contributed by atoms with Gasteiger partial charge in [0.25, 0.3) is 0 Å². The first-order valence-electron chi connectivity index (χ1n) is 13.6. The van der Waals surface area contributed by atoms with Crippen molar-refractivity contribution >= 4 is 29.7 Å².